The van der Waals surface area contributed by atoms with Crippen LogP contribution in [0.5, 0.6) is 0 Å². The number of hydrogen-bond donors (Lipinski definition) is 1. The Balaban J connectivity index is 1.53. The van der Waals surface area contributed by atoms with Gasteiger partial charge in [0, 0.05) is 13.0 Å². The van der Waals surface area contributed by atoms with Crippen molar-refractivity contribution >= 4 is 11.9 Å². The maximum atomic E-state index is 12.9. The highest BCUT2D eigenvalue weighted by atomic mass is 16.3. The van der Waals surface area contributed by atoms with Crippen LogP contribution in [0, 0.1) is 6.92 Å². The minimum Gasteiger partial charge on any atom is -0.461 e. The Morgan fingerprint density at radius 3 is 2.52 bits per heavy atom. The van der Waals surface area contributed by atoms with Crippen molar-refractivity contribution in [2.75, 3.05) is 5.32 Å². The highest BCUT2D eigenvalue weighted by Gasteiger charge is 2.18. The molecular formula is C23H22N4O2. The van der Waals surface area contributed by atoms with Crippen molar-refractivity contribution in [1.82, 2.24) is 14.8 Å². The Kier molecular flexibility index (Phi) is 5.52. The van der Waals surface area contributed by atoms with Gasteiger partial charge in [0.05, 0.1) is 6.26 Å². The van der Waals surface area contributed by atoms with Crippen LogP contribution in [0.15, 0.2) is 77.4 Å². The molecule has 146 valence electrons. The van der Waals surface area contributed by atoms with Crippen molar-refractivity contribution in [3.63, 3.8) is 0 Å². The van der Waals surface area contributed by atoms with E-state index in [1.165, 1.54) is 10.2 Å². The van der Waals surface area contributed by atoms with Crippen LogP contribution in [0.25, 0.3) is 11.6 Å². The van der Waals surface area contributed by atoms with Crippen molar-refractivity contribution in [2.24, 2.45) is 0 Å². The number of benzene rings is 2. The molecule has 29 heavy (non-hydrogen) atoms. The molecular weight excluding hydrogens is 364 g/mol. The second-order valence-corrected chi connectivity index (χ2v) is 6.87. The highest BCUT2D eigenvalue weighted by molar-refractivity contribution is 5.81. The van der Waals surface area contributed by atoms with Crippen LogP contribution in [0.4, 0.5) is 5.95 Å². The number of carbonyl (C=O) groups is 1. The number of aryl methyl sites for hydroxylation is 2. The number of nitrogens with one attached hydrogen (secondary N) is 1. The smallest absolute Gasteiger partial charge is 0.250 e. The van der Waals surface area contributed by atoms with Gasteiger partial charge in [-0.05, 0) is 36.6 Å². The van der Waals surface area contributed by atoms with E-state index in [-0.39, 0.29) is 5.91 Å². The van der Waals surface area contributed by atoms with Crippen molar-refractivity contribution in [2.45, 2.75) is 26.3 Å². The van der Waals surface area contributed by atoms with Crippen molar-refractivity contribution in [3.05, 3.63) is 89.7 Å². The van der Waals surface area contributed by atoms with E-state index in [1.54, 1.807) is 18.4 Å². The number of hydrogen-bond acceptors (Lipinski definition) is 5. The van der Waals surface area contributed by atoms with Gasteiger partial charge in [0.25, 0.3) is 0 Å². The summed E-state index contributed by atoms with van der Waals surface area (Å²) in [5.74, 6) is 1.20. The third kappa shape index (κ3) is 4.60. The van der Waals surface area contributed by atoms with Crippen LogP contribution in [0.3, 0.4) is 0 Å². The Labute approximate surface area is 169 Å². The van der Waals surface area contributed by atoms with Gasteiger partial charge in [-0.3, -0.25) is 4.79 Å². The average molecular weight is 386 g/mol. The Bertz CT molecular complexity index is 1070. The van der Waals surface area contributed by atoms with Gasteiger partial charge >= 0.3 is 0 Å². The van der Waals surface area contributed by atoms with E-state index < -0.39 is 0 Å². The first-order valence-corrected chi connectivity index (χ1v) is 9.56. The van der Waals surface area contributed by atoms with Gasteiger partial charge in [-0.25, -0.2) is 0 Å². The summed E-state index contributed by atoms with van der Waals surface area (Å²) in [6, 6.07) is 21.7. The van der Waals surface area contributed by atoms with E-state index in [1.807, 2.05) is 42.5 Å². The number of nitrogens with zero attached hydrogens (tertiary/aromatic N) is 3. The number of furan rings is 1. The van der Waals surface area contributed by atoms with Gasteiger partial charge in [-0.15, -0.1) is 5.10 Å². The molecule has 0 unspecified atom stereocenters. The lowest BCUT2D eigenvalue weighted by atomic mass is 10.1. The largest absolute Gasteiger partial charge is 0.461 e. The topological polar surface area (TPSA) is 73.0 Å². The van der Waals surface area contributed by atoms with E-state index in [2.05, 4.69) is 34.5 Å². The van der Waals surface area contributed by atoms with Crippen LogP contribution >= 0.6 is 0 Å². The summed E-state index contributed by atoms with van der Waals surface area (Å²) < 4.78 is 6.74. The van der Waals surface area contributed by atoms with Crippen LogP contribution < -0.4 is 5.32 Å². The Morgan fingerprint density at radius 2 is 1.79 bits per heavy atom. The second-order valence-electron chi connectivity index (χ2n) is 6.87. The molecule has 0 radical (unpaired) electrons. The molecule has 0 aliphatic heterocycles. The summed E-state index contributed by atoms with van der Waals surface area (Å²) in [4.78, 5) is 17.4. The molecule has 0 fully saturated rings. The van der Waals surface area contributed by atoms with E-state index in [4.69, 9.17) is 4.42 Å². The van der Waals surface area contributed by atoms with Crippen LogP contribution in [0.1, 0.15) is 27.9 Å². The summed E-state index contributed by atoms with van der Waals surface area (Å²) in [7, 11) is 0. The highest BCUT2D eigenvalue weighted by Crippen LogP contribution is 2.19. The summed E-state index contributed by atoms with van der Waals surface area (Å²) in [6.45, 7) is 2.59. The number of carbonyl (C=O) groups excluding carboxylic acids is 1. The SMILES string of the molecule is Cc1ccc(CNc2nc(-c3ccco3)nn2C(=O)CCc2ccccc2)cc1. The molecule has 6 heteroatoms. The molecule has 2 aromatic carbocycles. The molecule has 0 saturated carbocycles. The molecule has 4 rings (SSSR count). The fraction of sp³-hybridized carbons (Fsp3) is 0.174. The molecule has 0 bridgehead atoms. The zero-order valence-corrected chi connectivity index (χ0v) is 16.2. The van der Waals surface area contributed by atoms with Crippen molar-refractivity contribution < 1.29 is 9.21 Å². The van der Waals surface area contributed by atoms with E-state index >= 15 is 0 Å². The van der Waals surface area contributed by atoms with E-state index in [0.29, 0.717) is 36.9 Å². The predicted molar refractivity (Wildman–Crippen MR) is 112 cm³/mol. The quantitative estimate of drug-likeness (QED) is 0.497. The van der Waals surface area contributed by atoms with Gasteiger partial charge in [0.2, 0.25) is 17.7 Å². The monoisotopic (exact) mass is 386 g/mol. The third-order valence-corrected chi connectivity index (χ3v) is 4.63. The Morgan fingerprint density at radius 1 is 1.00 bits per heavy atom. The molecule has 0 atom stereocenters. The van der Waals surface area contributed by atoms with Gasteiger partial charge in [0.1, 0.15) is 0 Å². The summed E-state index contributed by atoms with van der Waals surface area (Å²) in [6.07, 6.45) is 2.55. The maximum Gasteiger partial charge on any atom is 0.250 e. The number of aromatic nitrogens is 3. The lowest BCUT2D eigenvalue weighted by Crippen LogP contribution is -2.17. The summed E-state index contributed by atoms with van der Waals surface area (Å²) in [5, 5.41) is 7.63. The Hall–Kier alpha value is -3.67. The van der Waals surface area contributed by atoms with E-state index in [9.17, 15) is 4.79 Å². The van der Waals surface area contributed by atoms with Gasteiger partial charge in [0.15, 0.2) is 5.76 Å². The van der Waals surface area contributed by atoms with Gasteiger partial charge < -0.3 is 9.73 Å². The minimum absolute atomic E-state index is 0.120. The maximum absolute atomic E-state index is 12.9. The van der Waals surface area contributed by atoms with Gasteiger partial charge in [-0.2, -0.15) is 9.67 Å². The van der Waals surface area contributed by atoms with Crippen LogP contribution in [0.2, 0.25) is 0 Å². The first-order chi connectivity index (χ1) is 14.2. The fourth-order valence-corrected chi connectivity index (χ4v) is 3.00. The molecule has 1 N–H and O–H groups in total. The first kappa shape index (κ1) is 18.7. The lowest BCUT2D eigenvalue weighted by Gasteiger charge is -2.08. The third-order valence-electron chi connectivity index (χ3n) is 4.63. The lowest BCUT2D eigenvalue weighted by molar-refractivity contribution is 0.0890. The fourth-order valence-electron chi connectivity index (χ4n) is 3.00. The molecule has 0 saturated heterocycles. The molecule has 2 heterocycles. The average Bonchev–Trinajstić information content (AvgIpc) is 3.42. The predicted octanol–water partition coefficient (Wildman–Crippen LogP) is 4.73. The number of rotatable bonds is 7. The molecule has 0 aliphatic carbocycles. The summed E-state index contributed by atoms with van der Waals surface area (Å²) in [5.41, 5.74) is 3.41. The zero-order valence-electron chi connectivity index (χ0n) is 16.2. The second kappa shape index (κ2) is 8.56. The molecule has 0 aliphatic rings. The molecule has 0 amide bonds. The van der Waals surface area contributed by atoms with E-state index in [0.717, 1.165) is 11.1 Å². The van der Waals surface area contributed by atoms with Crippen molar-refractivity contribution in [3.8, 4) is 11.6 Å². The van der Waals surface area contributed by atoms with Crippen LogP contribution in [-0.4, -0.2) is 20.7 Å². The first-order valence-electron chi connectivity index (χ1n) is 9.56. The molecule has 2 aromatic heterocycles. The zero-order chi connectivity index (χ0) is 20.1. The minimum atomic E-state index is -0.120. The van der Waals surface area contributed by atoms with Crippen molar-refractivity contribution in [1.29, 1.82) is 0 Å². The molecule has 6 nitrogen and oxygen atoms in total. The molecule has 0 spiro atoms. The normalized spacial score (nSPS) is 10.8. The van der Waals surface area contributed by atoms with Gasteiger partial charge in [-0.1, -0.05) is 60.2 Å². The van der Waals surface area contributed by atoms with Crippen LogP contribution in [-0.2, 0) is 13.0 Å². The molecule has 4 aromatic rings. The number of anilines is 1. The standard InChI is InChI=1S/C23H22N4O2/c1-17-9-11-19(12-10-17)16-24-23-25-22(20-8-5-15-29-20)26-27(23)21(28)14-13-18-6-3-2-4-7-18/h2-12,15H,13-14,16H2,1H3,(H,24,25,26). The summed E-state index contributed by atoms with van der Waals surface area (Å²) >= 11 is 0.